The molecule has 2 N–H and O–H groups in total. The first kappa shape index (κ1) is 10.2. The van der Waals surface area contributed by atoms with Gasteiger partial charge in [0.2, 0.25) is 0 Å². The average molecular weight is 220 g/mol. The van der Waals surface area contributed by atoms with E-state index in [9.17, 15) is 0 Å². The van der Waals surface area contributed by atoms with Crippen LogP contribution in [0.1, 0.15) is 22.4 Å². The second-order valence-electron chi connectivity index (χ2n) is 3.31. The number of hydrogen-bond donors (Lipinski definition) is 1. The molecular weight excluding hydrogens is 208 g/mol. The first-order chi connectivity index (χ1) is 7.25. The van der Waals surface area contributed by atoms with Crippen LogP contribution in [0.3, 0.4) is 0 Å². The third-order valence-corrected chi connectivity index (χ3v) is 2.88. The quantitative estimate of drug-likeness (QED) is 0.851. The molecule has 5 heteroatoms. The van der Waals surface area contributed by atoms with Crippen molar-refractivity contribution in [3.63, 3.8) is 0 Å². The van der Waals surface area contributed by atoms with Gasteiger partial charge >= 0.3 is 0 Å². The highest BCUT2D eigenvalue weighted by Crippen LogP contribution is 2.16. The van der Waals surface area contributed by atoms with Crippen molar-refractivity contribution in [2.45, 2.75) is 19.4 Å². The summed E-state index contributed by atoms with van der Waals surface area (Å²) in [5.74, 6) is 0.757. The lowest BCUT2D eigenvalue weighted by molar-refractivity contribution is 0.694. The highest BCUT2D eigenvalue weighted by atomic mass is 32.1. The number of nitrogens with zero attached hydrogens (tertiary/aromatic N) is 3. The standard InChI is InChI=1S/C10H12N4S/c1-7-13-3-2-10(14-7)9(11)4-8-5-12-6-15-8/h2-3,5-6,9H,4,11H2,1H3. The van der Waals surface area contributed by atoms with Crippen LogP contribution in [0.25, 0.3) is 0 Å². The van der Waals surface area contributed by atoms with Crippen molar-refractivity contribution in [1.29, 1.82) is 0 Å². The molecule has 0 saturated carbocycles. The average Bonchev–Trinajstić information content (AvgIpc) is 2.70. The van der Waals surface area contributed by atoms with E-state index in [-0.39, 0.29) is 6.04 Å². The van der Waals surface area contributed by atoms with Gasteiger partial charge in [0.15, 0.2) is 0 Å². The summed E-state index contributed by atoms with van der Waals surface area (Å²) in [5, 5.41) is 0. The Balaban J connectivity index is 2.11. The summed E-state index contributed by atoms with van der Waals surface area (Å²) in [7, 11) is 0. The fourth-order valence-corrected chi connectivity index (χ4v) is 2.00. The molecule has 0 saturated heterocycles. The van der Waals surface area contributed by atoms with E-state index in [1.54, 1.807) is 17.5 Å². The Morgan fingerprint density at radius 1 is 1.53 bits per heavy atom. The fourth-order valence-electron chi connectivity index (χ4n) is 1.35. The van der Waals surface area contributed by atoms with Crippen LogP contribution in [0.4, 0.5) is 0 Å². The first-order valence-electron chi connectivity index (χ1n) is 4.68. The van der Waals surface area contributed by atoms with Gasteiger partial charge in [-0.2, -0.15) is 0 Å². The molecule has 0 aliphatic heterocycles. The number of aromatic nitrogens is 3. The molecule has 4 nitrogen and oxygen atoms in total. The monoisotopic (exact) mass is 220 g/mol. The summed E-state index contributed by atoms with van der Waals surface area (Å²) < 4.78 is 0. The van der Waals surface area contributed by atoms with E-state index in [1.165, 1.54) is 4.88 Å². The SMILES string of the molecule is Cc1nccc(C(N)Cc2cncs2)n1. The summed E-state index contributed by atoms with van der Waals surface area (Å²) >= 11 is 1.62. The lowest BCUT2D eigenvalue weighted by atomic mass is 10.1. The van der Waals surface area contributed by atoms with Crippen LogP contribution >= 0.6 is 11.3 Å². The van der Waals surface area contributed by atoms with E-state index in [4.69, 9.17) is 5.73 Å². The Hall–Kier alpha value is -1.33. The van der Waals surface area contributed by atoms with Gasteiger partial charge in [-0.3, -0.25) is 4.98 Å². The summed E-state index contributed by atoms with van der Waals surface area (Å²) in [4.78, 5) is 13.5. The maximum Gasteiger partial charge on any atom is 0.125 e. The molecule has 0 fully saturated rings. The molecule has 2 heterocycles. The van der Waals surface area contributed by atoms with Crippen molar-refractivity contribution in [2.75, 3.05) is 0 Å². The Labute approximate surface area is 92.2 Å². The maximum absolute atomic E-state index is 6.04. The van der Waals surface area contributed by atoms with Gasteiger partial charge in [-0.15, -0.1) is 11.3 Å². The molecule has 2 aromatic rings. The zero-order chi connectivity index (χ0) is 10.7. The minimum atomic E-state index is -0.0767. The van der Waals surface area contributed by atoms with Crippen molar-refractivity contribution in [3.8, 4) is 0 Å². The van der Waals surface area contributed by atoms with Crippen LogP contribution in [0, 0.1) is 6.92 Å². The minimum absolute atomic E-state index is 0.0767. The van der Waals surface area contributed by atoms with E-state index in [0.29, 0.717) is 0 Å². The third kappa shape index (κ3) is 2.57. The van der Waals surface area contributed by atoms with Crippen molar-refractivity contribution in [3.05, 3.63) is 40.4 Å². The molecule has 2 aromatic heterocycles. The maximum atomic E-state index is 6.04. The zero-order valence-electron chi connectivity index (χ0n) is 8.42. The van der Waals surface area contributed by atoms with Crippen LogP contribution < -0.4 is 5.73 Å². The van der Waals surface area contributed by atoms with Crippen LogP contribution in [0.15, 0.2) is 24.0 Å². The molecule has 0 aliphatic rings. The highest BCUT2D eigenvalue weighted by molar-refractivity contribution is 7.09. The third-order valence-electron chi connectivity index (χ3n) is 2.08. The van der Waals surface area contributed by atoms with Crippen LogP contribution in [0.5, 0.6) is 0 Å². The molecule has 78 valence electrons. The normalized spacial score (nSPS) is 12.7. The summed E-state index contributed by atoms with van der Waals surface area (Å²) in [6.07, 6.45) is 4.36. The van der Waals surface area contributed by atoms with Crippen molar-refractivity contribution >= 4 is 11.3 Å². The van der Waals surface area contributed by atoms with Gasteiger partial charge in [-0.1, -0.05) is 0 Å². The molecule has 0 amide bonds. The molecule has 0 aliphatic carbocycles. The second kappa shape index (κ2) is 4.46. The van der Waals surface area contributed by atoms with E-state index >= 15 is 0 Å². The van der Waals surface area contributed by atoms with Gasteiger partial charge in [0, 0.05) is 23.7 Å². The Morgan fingerprint density at radius 3 is 3.07 bits per heavy atom. The number of hydrogen-bond acceptors (Lipinski definition) is 5. The predicted octanol–water partition coefficient (Wildman–Crippen LogP) is 1.48. The van der Waals surface area contributed by atoms with Crippen LogP contribution in [-0.2, 0) is 6.42 Å². The first-order valence-corrected chi connectivity index (χ1v) is 5.56. The van der Waals surface area contributed by atoms with Crippen molar-refractivity contribution < 1.29 is 0 Å². The summed E-state index contributed by atoms with van der Waals surface area (Å²) in [6, 6.07) is 1.78. The van der Waals surface area contributed by atoms with Gasteiger partial charge in [0.25, 0.3) is 0 Å². The Kier molecular flexibility index (Phi) is 3.03. The zero-order valence-corrected chi connectivity index (χ0v) is 9.24. The van der Waals surface area contributed by atoms with E-state index in [2.05, 4.69) is 15.0 Å². The molecule has 0 bridgehead atoms. The Bertz CT molecular complexity index is 427. The largest absolute Gasteiger partial charge is 0.322 e. The predicted molar refractivity (Wildman–Crippen MR) is 59.5 cm³/mol. The van der Waals surface area contributed by atoms with Gasteiger partial charge in [0.1, 0.15) is 5.82 Å². The molecule has 1 atom stereocenters. The Morgan fingerprint density at radius 2 is 2.40 bits per heavy atom. The summed E-state index contributed by atoms with van der Waals surface area (Å²) in [6.45, 7) is 1.86. The van der Waals surface area contributed by atoms with Crippen molar-refractivity contribution in [2.24, 2.45) is 5.73 Å². The van der Waals surface area contributed by atoms with Gasteiger partial charge in [-0.25, -0.2) is 9.97 Å². The summed E-state index contributed by atoms with van der Waals surface area (Å²) in [5.41, 5.74) is 8.74. The lowest BCUT2D eigenvalue weighted by Gasteiger charge is -2.09. The second-order valence-corrected chi connectivity index (χ2v) is 4.28. The van der Waals surface area contributed by atoms with E-state index in [0.717, 1.165) is 17.9 Å². The fraction of sp³-hybridized carbons (Fsp3) is 0.300. The number of aryl methyl sites for hydroxylation is 1. The van der Waals surface area contributed by atoms with Crippen LogP contribution in [-0.4, -0.2) is 15.0 Å². The molecule has 15 heavy (non-hydrogen) atoms. The number of nitrogens with two attached hydrogens (primary N) is 1. The van der Waals surface area contributed by atoms with Gasteiger partial charge in [0.05, 0.1) is 17.2 Å². The van der Waals surface area contributed by atoms with E-state index < -0.39 is 0 Å². The van der Waals surface area contributed by atoms with Gasteiger partial charge in [-0.05, 0) is 13.0 Å². The lowest BCUT2D eigenvalue weighted by Crippen LogP contribution is -2.15. The van der Waals surface area contributed by atoms with Crippen LogP contribution in [0.2, 0.25) is 0 Å². The smallest absolute Gasteiger partial charge is 0.125 e. The highest BCUT2D eigenvalue weighted by Gasteiger charge is 2.09. The van der Waals surface area contributed by atoms with Gasteiger partial charge < -0.3 is 5.73 Å². The van der Waals surface area contributed by atoms with Crippen molar-refractivity contribution in [1.82, 2.24) is 15.0 Å². The topological polar surface area (TPSA) is 64.7 Å². The molecule has 0 aromatic carbocycles. The van der Waals surface area contributed by atoms with E-state index in [1.807, 2.05) is 24.7 Å². The number of rotatable bonds is 3. The molecule has 2 rings (SSSR count). The molecular formula is C10H12N4S. The number of thiazole rings is 1. The molecule has 1 unspecified atom stereocenters. The molecule has 0 spiro atoms. The molecule has 0 radical (unpaired) electrons. The minimum Gasteiger partial charge on any atom is -0.322 e.